The molecule has 0 heterocycles. The standard InChI is InChI=1S/C28H55NO3Si3/c1-17-18-29-21-22-19-24(31-34(13,14)27(5,6)7)25(32-35(15,16)28(8,9)10)20-23(22)30-33(11,12)26(2,3)4/h19-21H,17-18H2,1-16H3. The van der Waals surface area contributed by atoms with Gasteiger partial charge in [-0.1, -0.05) is 69.2 Å². The van der Waals surface area contributed by atoms with Gasteiger partial charge in [0.15, 0.2) is 0 Å². The highest BCUT2D eigenvalue weighted by molar-refractivity contribution is 6.76. The van der Waals surface area contributed by atoms with Gasteiger partial charge in [0.2, 0.25) is 0 Å². The van der Waals surface area contributed by atoms with E-state index in [0.717, 1.165) is 35.8 Å². The molecule has 0 amide bonds. The minimum Gasteiger partial charge on any atom is -0.543 e. The lowest BCUT2D eigenvalue weighted by Crippen LogP contribution is -2.46. The first kappa shape index (κ1) is 32.0. The van der Waals surface area contributed by atoms with E-state index in [1.54, 1.807) is 0 Å². The van der Waals surface area contributed by atoms with Crippen LogP contribution in [0.1, 0.15) is 81.2 Å². The predicted octanol–water partition coefficient (Wildman–Crippen LogP) is 9.67. The zero-order valence-corrected chi connectivity index (χ0v) is 28.8. The molecule has 0 fully saturated rings. The summed E-state index contributed by atoms with van der Waals surface area (Å²) >= 11 is 0. The van der Waals surface area contributed by atoms with Gasteiger partial charge >= 0.3 is 0 Å². The number of benzene rings is 1. The highest BCUT2D eigenvalue weighted by atomic mass is 28.4. The first-order valence-electron chi connectivity index (χ1n) is 13.2. The fraction of sp³-hybridized carbons (Fsp3) is 0.750. The SMILES string of the molecule is CCCN=Cc1cc(O[Si](C)(C)C(C)(C)C)c(O[Si](C)(C)C(C)(C)C)cc1O[Si](C)(C)C(C)(C)C. The van der Waals surface area contributed by atoms with E-state index in [1.807, 2.05) is 6.21 Å². The van der Waals surface area contributed by atoms with Gasteiger partial charge < -0.3 is 13.3 Å². The van der Waals surface area contributed by atoms with Gasteiger partial charge in [-0.3, -0.25) is 4.99 Å². The second-order valence-electron chi connectivity index (χ2n) is 14.5. The van der Waals surface area contributed by atoms with Crippen LogP contribution in [-0.2, 0) is 0 Å². The van der Waals surface area contributed by atoms with Crippen LogP contribution in [0.5, 0.6) is 17.2 Å². The monoisotopic (exact) mass is 537 g/mol. The summed E-state index contributed by atoms with van der Waals surface area (Å²) in [7, 11) is -6.28. The molecule has 0 aromatic heterocycles. The van der Waals surface area contributed by atoms with E-state index >= 15 is 0 Å². The Morgan fingerprint density at radius 2 is 0.971 bits per heavy atom. The molecule has 0 unspecified atom stereocenters. The molecule has 0 N–H and O–H groups in total. The molecular formula is C28H55NO3Si3. The second kappa shape index (κ2) is 10.7. The Morgan fingerprint density at radius 1 is 0.629 bits per heavy atom. The van der Waals surface area contributed by atoms with Crippen LogP contribution in [0.25, 0.3) is 0 Å². The minimum absolute atomic E-state index is 0.0724. The molecule has 0 saturated heterocycles. The Balaban J connectivity index is 3.83. The molecule has 0 aliphatic carbocycles. The zero-order chi connectivity index (χ0) is 27.7. The maximum Gasteiger partial charge on any atom is 0.250 e. The van der Waals surface area contributed by atoms with Crippen molar-refractivity contribution in [3.63, 3.8) is 0 Å². The summed E-state index contributed by atoms with van der Waals surface area (Å²) in [4.78, 5) is 4.68. The van der Waals surface area contributed by atoms with Gasteiger partial charge in [0.1, 0.15) is 17.2 Å². The van der Waals surface area contributed by atoms with Gasteiger partial charge in [-0.15, -0.1) is 0 Å². The molecule has 202 valence electrons. The highest BCUT2D eigenvalue weighted by Gasteiger charge is 2.43. The summed E-state index contributed by atoms with van der Waals surface area (Å²) in [5.74, 6) is 2.48. The van der Waals surface area contributed by atoms with Crippen LogP contribution in [0, 0.1) is 0 Å². The van der Waals surface area contributed by atoms with Crippen molar-refractivity contribution < 1.29 is 13.3 Å². The molecule has 0 spiro atoms. The van der Waals surface area contributed by atoms with Gasteiger partial charge in [0.05, 0.1) is 0 Å². The van der Waals surface area contributed by atoms with Crippen LogP contribution < -0.4 is 13.3 Å². The molecule has 0 aliphatic heterocycles. The molecule has 0 atom stereocenters. The number of hydrogen-bond acceptors (Lipinski definition) is 4. The summed E-state index contributed by atoms with van der Waals surface area (Å²) in [6.07, 6.45) is 2.97. The molecule has 0 saturated carbocycles. The van der Waals surface area contributed by atoms with E-state index in [1.165, 1.54) is 0 Å². The molecule has 0 bridgehead atoms. The first-order valence-corrected chi connectivity index (χ1v) is 21.9. The largest absolute Gasteiger partial charge is 0.543 e. The lowest BCUT2D eigenvalue weighted by atomic mass is 10.2. The van der Waals surface area contributed by atoms with Crippen molar-refractivity contribution >= 4 is 31.2 Å². The van der Waals surface area contributed by atoms with E-state index in [2.05, 4.69) is 126 Å². The Hall–Kier alpha value is -1.06. The van der Waals surface area contributed by atoms with Crippen molar-refractivity contribution in [2.24, 2.45) is 4.99 Å². The maximum absolute atomic E-state index is 6.90. The summed E-state index contributed by atoms with van der Waals surface area (Å²) in [5, 5.41) is 0.235. The second-order valence-corrected chi connectivity index (χ2v) is 28.6. The number of rotatable bonds is 9. The Kier molecular flexibility index (Phi) is 9.81. The van der Waals surface area contributed by atoms with Crippen LogP contribution in [0.2, 0.25) is 54.4 Å². The molecule has 7 heteroatoms. The molecule has 1 aromatic rings. The van der Waals surface area contributed by atoms with E-state index in [4.69, 9.17) is 13.3 Å². The molecular weight excluding hydrogens is 483 g/mol. The zero-order valence-electron chi connectivity index (χ0n) is 25.8. The molecule has 0 aliphatic rings. The van der Waals surface area contributed by atoms with Crippen molar-refractivity contribution in [3.8, 4) is 17.2 Å². The first-order chi connectivity index (χ1) is 15.5. The van der Waals surface area contributed by atoms with E-state index in [0.29, 0.717) is 0 Å². The predicted molar refractivity (Wildman–Crippen MR) is 163 cm³/mol. The molecule has 35 heavy (non-hydrogen) atoms. The number of aliphatic imine (C=N–C) groups is 1. The summed E-state index contributed by atoms with van der Waals surface area (Å²) in [6.45, 7) is 37.1. The fourth-order valence-corrected chi connectivity index (χ4v) is 5.55. The lowest BCUT2D eigenvalue weighted by molar-refractivity contribution is 0.434. The average Bonchev–Trinajstić information content (AvgIpc) is 2.61. The van der Waals surface area contributed by atoms with Gasteiger partial charge in [-0.2, -0.15) is 0 Å². The third kappa shape index (κ3) is 8.22. The number of hydrogen-bond donors (Lipinski definition) is 0. The quantitative estimate of drug-likeness (QED) is 0.232. The summed E-state index contributed by atoms with van der Waals surface area (Å²) in [6, 6.07) is 4.21. The molecule has 0 radical (unpaired) electrons. The topological polar surface area (TPSA) is 40.0 Å². The fourth-order valence-electron chi connectivity index (χ4n) is 2.48. The molecule has 1 aromatic carbocycles. The van der Waals surface area contributed by atoms with Crippen LogP contribution in [0.3, 0.4) is 0 Å². The maximum atomic E-state index is 6.90. The number of nitrogens with zero attached hydrogens (tertiary/aromatic N) is 1. The highest BCUT2D eigenvalue weighted by Crippen LogP contribution is 2.46. The van der Waals surface area contributed by atoms with Gasteiger partial charge in [-0.25, -0.2) is 0 Å². The van der Waals surface area contributed by atoms with Crippen molar-refractivity contribution in [2.75, 3.05) is 6.54 Å². The minimum atomic E-state index is -2.11. The Bertz CT molecular complexity index is 886. The van der Waals surface area contributed by atoms with Gasteiger partial charge in [0, 0.05) is 24.4 Å². The normalized spacial score (nSPS) is 14.4. The smallest absolute Gasteiger partial charge is 0.250 e. The van der Waals surface area contributed by atoms with E-state index in [9.17, 15) is 0 Å². The van der Waals surface area contributed by atoms with Crippen molar-refractivity contribution in [3.05, 3.63) is 17.7 Å². The van der Waals surface area contributed by atoms with Crippen LogP contribution in [0.15, 0.2) is 17.1 Å². The summed E-state index contributed by atoms with van der Waals surface area (Å²) < 4.78 is 20.7. The van der Waals surface area contributed by atoms with Crippen molar-refractivity contribution in [1.29, 1.82) is 0 Å². The van der Waals surface area contributed by atoms with Crippen LogP contribution in [-0.4, -0.2) is 37.7 Å². The van der Waals surface area contributed by atoms with Crippen molar-refractivity contribution in [2.45, 2.75) is 130 Å². The van der Waals surface area contributed by atoms with E-state index < -0.39 is 25.0 Å². The van der Waals surface area contributed by atoms with E-state index in [-0.39, 0.29) is 15.1 Å². The third-order valence-electron chi connectivity index (χ3n) is 8.17. The average molecular weight is 538 g/mol. The van der Waals surface area contributed by atoms with Gasteiger partial charge in [0.25, 0.3) is 25.0 Å². The van der Waals surface area contributed by atoms with Gasteiger partial charge in [-0.05, 0) is 66.9 Å². The molecule has 1 rings (SSSR count). The molecule has 4 nitrogen and oxygen atoms in total. The Morgan fingerprint density at radius 3 is 1.31 bits per heavy atom. The third-order valence-corrected chi connectivity index (χ3v) is 21.2. The van der Waals surface area contributed by atoms with Crippen LogP contribution >= 0.6 is 0 Å². The summed E-state index contributed by atoms with van der Waals surface area (Å²) in [5.41, 5.74) is 0.972. The lowest BCUT2D eigenvalue weighted by Gasteiger charge is -2.40. The van der Waals surface area contributed by atoms with Crippen molar-refractivity contribution in [1.82, 2.24) is 0 Å². The van der Waals surface area contributed by atoms with Crippen LogP contribution in [0.4, 0.5) is 0 Å². The Labute approximate surface area is 220 Å².